The molecule has 4 heteroatoms. The third-order valence-corrected chi connectivity index (χ3v) is 9.20. The van der Waals surface area contributed by atoms with Crippen LogP contribution < -0.4 is 0 Å². The molecule has 0 fully saturated rings. The molecule has 0 unspecified atom stereocenters. The van der Waals surface area contributed by atoms with E-state index in [9.17, 15) is 0 Å². The number of para-hydroxylation sites is 3. The molecular weight excluding hydrogens is 576 g/mol. The van der Waals surface area contributed by atoms with Crippen molar-refractivity contribution < 1.29 is 8.83 Å². The van der Waals surface area contributed by atoms with Crippen LogP contribution in [-0.2, 0) is 0 Å². The third kappa shape index (κ3) is 3.98. The normalized spacial score (nSPS) is 11.8. The highest BCUT2D eigenvalue weighted by Crippen LogP contribution is 2.45. The van der Waals surface area contributed by atoms with Crippen molar-refractivity contribution in [2.24, 2.45) is 0 Å². The predicted molar refractivity (Wildman–Crippen MR) is 192 cm³/mol. The monoisotopic (exact) mass is 602 g/mol. The lowest BCUT2D eigenvalue weighted by atomic mass is 9.95. The molecule has 7 aromatic carbocycles. The Morgan fingerprint density at radius 1 is 0.426 bits per heavy atom. The SMILES string of the molecule is c1ccc(-c2nc3cc(-c4cccc(-c5c6oc7ccccc7c6cc6c5oc5ccccc56)c4)ccc3n2-c2ccccc2)cc1. The van der Waals surface area contributed by atoms with Crippen molar-refractivity contribution in [1.82, 2.24) is 9.55 Å². The quantitative estimate of drug-likeness (QED) is 0.201. The first-order chi connectivity index (χ1) is 23.3. The number of aromatic nitrogens is 2. The molecule has 0 N–H and O–H groups in total. The molecule has 0 aliphatic heterocycles. The van der Waals surface area contributed by atoms with Crippen LogP contribution in [0.25, 0.3) is 94.2 Å². The van der Waals surface area contributed by atoms with Gasteiger partial charge in [-0.3, -0.25) is 4.57 Å². The fourth-order valence-corrected chi connectivity index (χ4v) is 7.03. The third-order valence-electron chi connectivity index (χ3n) is 9.20. The molecule has 10 aromatic rings. The van der Waals surface area contributed by atoms with Crippen molar-refractivity contribution in [2.45, 2.75) is 0 Å². The highest BCUT2D eigenvalue weighted by Gasteiger charge is 2.21. The Kier molecular flexibility index (Phi) is 5.54. The minimum Gasteiger partial charge on any atom is -0.455 e. The average molecular weight is 603 g/mol. The Hall–Kier alpha value is -6.39. The standard InChI is InChI=1S/C43H26N2O2/c1-3-12-27(13-4-1)43-44-36-25-29(22-23-37(36)45(43)31-16-5-2-6-17-31)28-14-11-15-30(24-28)40-41-34(32-18-7-9-20-38(32)46-41)26-35-33-19-8-10-21-39(33)47-42(35)40/h1-26H. The molecule has 0 bridgehead atoms. The van der Waals surface area contributed by atoms with Crippen LogP contribution in [0.4, 0.5) is 0 Å². The Bertz CT molecular complexity index is 2700. The number of rotatable bonds is 4. The van der Waals surface area contributed by atoms with E-state index in [0.29, 0.717) is 0 Å². The number of benzene rings is 7. The fraction of sp³-hybridized carbons (Fsp3) is 0. The number of imidazole rings is 1. The van der Waals surface area contributed by atoms with E-state index in [1.165, 1.54) is 0 Å². The molecule has 0 saturated carbocycles. The maximum atomic E-state index is 6.57. The van der Waals surface area contributed by atoms with Gasteiger partial charge in [-0.2, -0.15) is 0 Å². The van der Waals surface area contributed by atoms with E-state index in [1.54, 1.807) is 0 Å². The van der Waals surface area contributed by atoms with E-state index >= 15 is 0 Å². The van der Waals surface area contributed by atoms with Gasteiger partial charge in [0.25, 0.3) is 0 Å². The molecule has 220 valence electrons. The van der Waals surface area contributed by atoms with E-state index in [0.717, 1.165) is 94.2 Å². The Labute approximate surface area is 269 Å². The summed E-state index contributed by atoms with van der Waals surface area (Å²) in [6.45, 7) is 0. The lowest BCUT2D eigenvalue weighted by Crippen LogP contribution is -1.97. The van der Waals surface area contributed by atoms with Gasteiger partial charge < -0.3 is 8.83 Å². The van der Waals surface area contributed by atoms with E-state index < -0.39 is 0 Å². The van der Waals surface area contributed by atoms with Gasteiger partial charge in [0, 0.05) is 32.8 Å². The first-order valence-corrected chi connectivity index (χ1v) is 15.8. The van der Waals surface area contributed by atoms with Gasteiger partial charge in [0.05, 0.1) is 16.6 Å². The number of nitrogens with zero attached hydrogens (tertiary/aromatic N) is 2. The average Bonchev–Trinajstić information content (AvgIpc) is 3.82. The zero-order valence-corrected chi connectivity index (χ0v) is 25.2. The van der Waals surface area contributed by atoms with Crippen LogP contribution in [0, 0.1) is 0 Å². The second-order valence-electron chi connectivity index (χ2n) is 12.0. The van der Waals surface area contributed by atoms with E-state index in [-0.39, 0.29) is 0 Å². The molecule has 0 radical (unpaired) electrons. The van der Waals surface area contributed by atoms with Gasteiger partial charge in [0.2, 0.25) is 0 Å². The predicted octanol–water partition coefficient (Wildman–Crippen LogP) is 11.8. The Morgan fingerprint density at radius 2 is 1.00 bits per heavy atom. The summed E-state index contributed by atoms with van der Waals surface area (Å²) in [6, 6.07) is 54.7. The van der Waals surface area contributed by atoms with E-state index in [4.69, 9.17) is 13.8 Å². The molecule has 10 rings (SSSR count). The van der Waals surface area contributed by atoms with Crippen LogP contribution in [0.3, 0.4) is 0 Å². The fourth-order valence-electron chi connectivity index (χ4n) is 7.03. The van der Waals surface area contributed by atoms with Gasteiger partial charge in [-0.1, -0.05) is 109 Å². The maximum Gasteiger partial charge on any atom is 0.147 e. The van der Waals surface area contributed by atoms with Crippen LogP contribution in [0.1, 0.15) is 0 Å². The summed E-state index contributed by atoms with van der Waals surface area (Å²) in [7, 11) is 0. The molecule has 0 spiro atoms. The summed E-state index contributed by atoms with van der Waals surface area (Å²) in [4.78, 5) is 5.19. The molecule has 0 atom stereocenters. The van der Waals surface area contributed by atoms with Crippen LogP contribution in [0.2, 0.25) is 0 Å². The number of furan rings is 2. The molecule has 0 aliphatic carbocycles. The summed E-state index contributed by atoms with van der Waals surface area (Å²) in [5, 5.41) is 4.37. The van der Waals surface area contributed by atoms with Crippen LogP contribution in [0.5, 0.6) is 0 Å². The molecular formula is C43H26N2O2. The lowest BCUT2D eigenvalue weighted by molar-refractivity contribution is 0.658. The van der Waals surface area contributed by atoms with Crippen molar-refractivity contribution in [3.05, 3.63) is 158 Å². The zero-order chi connectivity index (χ0) is 30.9. The van der Waals surface area contributed by atoms with Gasteiger partial charge in [-0.05, 0) is 65.2 Å². The van der Waals surface area contributed by atoms with Crippen molar-refractivity contribution in [3.8, 4) is 39.3 Å². The molecule has 4 nitrogen and oxygen atoms in total. The Morgan fingerprint density at radius 3 is 1.70 bits per heavy atom. The first-order valence-electron chi connectivity index (χ1n) is 15.8. The number of hydrogen-bond acceptors (Lipinski definition) is 3. The Balaban J connectivity index is 1.19. The van der Waals surface area contributed by atoms with Crippen LogP contribution >= 0.6 is 0 Å². The van der Waals surface area contributed by atoms with Gasteiger partial charge in [0.15, 0.2) is 0 Å². The lowest BCUT2D eigenvalue weighted by Gasteiger charge is -2.10. The summed E-state index contributed by atoms with van der Waals surface area (Å²) in [5.41, 5.74) is 11.7. The zero-order valence-electron chi connectivity index (χ0n) is 25.2. The molecule has 0 saturated heterocycles. The highest BCUT2D eigenvalue weighted by molar-refractivity contribution is 6.22. The van der Waals surface area contributed by atoms with Crippen LogP contribution in [-0.4, -0.2) is 9.55 Å². The summed E-state index contributed by atoms with van der Waals surface area (Å²) in [5.74, 6) is 0.918. The summed E-state index contributed by atoms with van der Waals surface area (Å²) in [6.07, 6.45) is 0. The van der Waals surface area contributed by atoms with Crippen LogP contribution in [0.15, 0.2) is 167 Å². The van der Waals surface area contributed by atoms with Gasteiger partial charge in [-0.25, -0.2) is 4.98 Å². The number of hydrogen-bond donors (Lipinski definition) is 0. The van der Waals surface area contributed by atoms with E-state index in [1.807, 2.05) is 36.4 Å². The molecule has 47 heavy (non-hydrogen) atoms. The molecule has 0 aliphatic rings. The smallest absolute Gasteiger partial charge is 0.147 e. The minimum absolute atomic E-state index is 0.833. The second kappa shape index (κ2) is 10.1. The summed E-state index contributed by atoms with van der Waals surface area (Å²) < 4.78 is 15.4. The molecule has 3 aromatic heterocycles. The topological polar surface area (TPSA) is 44.1 Å². The largest absolute Gasteiger partial charge is 0.455 e. The summed E-state index contributed by atoms with van der Waals surface area (Å²) >= 11 is 0. The van der Waals surface area contributed by atoms with Crippen molar-refractivity contribution in [2.75, 3.05) is 0 Å². The van der Waals surface area contributed by atoms with Crippen molar-refractivity contribution in [3.63, 3.8) is 0 Å². The van der Waals surface area contributed by atoms with Crippen molar-refractivity contribution >= 4 is 54.9 Å². The highest BCUT2D eigenvalue weighted by atomic mass is 16.3. The molecule has 0 amide bonds. The minimum atomic E-state index is 0.833. The molecule has 3 heterocycles. The number of fused-ring (bicyclic) bond motifs is 7. The van der Waals surface area contributed by atoms with Gasteiger partial charge >= 0.3 is 0 Å². The van der Waals surface area contributed by atoms with Gasteiger partial charge in [-0.15, -0.1) is 0 Å². The second-order valence-corrected chi connectivity index (χ2v) is 12.0. The van der Waals surface area contributed by atoms with E-state index in [2.05, 4.69) is 126 Å². The van der Waals surface area contributed by atoms with Gasteiger partial charge in [0.1, 0.15) is 28.2 Å². The van der Waals surface area contributed by atoms with Crippen molar-refractivity contribution in [1.29, 1.82) is 0 Å². The first kappa shape index (κ1) is 25.9. The maximum absolute atomic E-state index is 6.57.